The number of hydrogen-bond donors (Lipinski definition) is 1. The summed E-state index contributed by atoms with van der Waals surface area (Å²) in [6.07, 6.45) is 1.37. The van der Waals surface area contributed by atoms with E-state index in [-0.39, 0.29) is 24.4 Å². The molecule has 2 aromatic heterocycles. The van der Waals surface area contributed by atoms with E-state index in [9.17, 15) is 14.7 Å². The normalized spacial score (nSPS) is 12.2. The van der Waals surface area contributed by atoms with Gasteiger partial charge in [-0.3, -0.25) is 13.9 Å². The van der Waals surface area contributed by atoms with Gasteiger partial charge in [0, 0.05) is 27.2 Å². The summed E-state index contributed by atoms with van der Waals surface area (Å²) in [7, 11) is 5.23. The third kappa shape index (κ3) is 6.28. The van der Waals surface area contributed by atoms with Crippen LogP contribution in [0.3, 0.4) is 0 Å². The van der Waals surface area contributed by atoms with E-state index >= 15 is 0 Å². The van der Waals surface area contributed by atoms with E-state index in [4.69, 9.17) is 9.47 Å². The quantitative estimate of drug-likeness (QED) is 0.312. The highest BCUT2D eigenvalue weighted by molar-refractivity contribution is 5.69. The summed E-state index contributed by atoms with van der Waals surface area (Å²) in [5.41, 5.74) is 1.10. The van der Waals surface area contributed by atoms with E-state index in [0.717, 1.165) is 5.56 Å². The van der Waals surface area contributed by atoms with E-state index in [1.165, 1.54) is 15.5 Å². The summed E-state index contributed by atoms with van der Waals surface area (Å²) in [6, 6.07) is 17.3. The first-order valence-electron chi connectivity index (χ1n) is 12.2. The fourth-order valence-electron chi connectivity index (χ4n) is 4.21. The molecule has 10 heteroatoms. The number of aliphatic hydroxyl groups is 1. The third-order valence-corrected chi connectivity index (χ3v) is 6.16. The first-order chi connectivity index (χ1) is 17.8. The molecule has 1 unspecified atom stereocenters. The first kappa shape index (κ1) is 26.2. The van der Waals surface area contributed by atoms with Crippen molar-refractivity contribution in [3.8, 4) is 11.5 Å². The second-order valence-corrected chi connectivity index (χ2v) is 9.13. The Hall–Kier alpha value is -3.89. The van der Waals surface area contributed by atoms with Gasteiger partial charge >= 0.3 is 5.69 Å². The van der Waals surface area contributed by atoms with Crippen LogP contribution in [0.1, 0.15) is 12.0 Å². The van der Waals surface area contributed by atoms with Gasteiger partial charge in [0.2, 0.25) is 0 Å². The molecule has 4 aromatic rings. The predicted octanol–water partition coefficient (Wildman–Crippen LogP) is 1.77. The standard InChI is InChI=1S/C27H33N5O5/c1-29(14-9-15-32-26(34)24-25(28-19-30(24)2)31(3)27(32)35)16-21(33)18-37-23-13-8-7-12-22(23)36-17-20-10-5-4-6-11-20/h4-8,10-13,19,21,33H,9,14-18H2,1-3H3. The highest BCUT2D eigenvalue weighted by atomic mass is 16.5. The average molecular weight is 508 g/mol. The zero-order valence-corrected chi connectivity index (χ0v) is 21.4. The van der Waals surface area contributed by atoms with Gasteiger partial charge in [0.1, 0.15) is 19.3 Å². The molecule has 0 bridgehead atoms. The highest BCUT2D eigenvalue weighted by Crippen LogP contribution is 2.27. The number of aliphatic hydroxyl groups excluding tert-OH is 1. The molecule has 0 fully saturated rings. The van der Waals surface area contributed by atoms with Crippen molar-refractivity contribution in [3.63, 3.8) is 0 Å². The van der Waals surface area contributed by atoms with Gasteiger partial charge < -0.3 is 24.0 Å². The Balaban J connectivity index is 1.26. The number of nitrogens with zero attached hydrogens (tertiary/aromatic N) is 5. The molecule has 0 aliphatic carbocycles. The van der Waals surface area contributed by atoms with Gasteiger partial charge in [0.05, 0.1) is 6.33 Å². The summed E-state index contributed by atoms with van der Waals surface area (Å²) >= 11 is 0. The second-order valence-electron chi connectivity index (χ2n) is 9.13. The number of benzene rings is 2. The van der Waals surface area contributed by atoms with Gasteiger partial charge in [-0.25, -0.2) is 9.78 Å². The zero-order chi connectivity index (χ0) is 26.4. The maximum atomic E-state index is 12.8. The summed E-state index contributed by atoms with van der Waals surface area (Å²) < 4.78 is 16.0. The van der Waals surface area contributed by atoms with Gasteiger partial charge in [0.15, 0.2) is 22.7 Å². The van der Waals surface area contributed by atoms with E-state index in [1.807, 2.05) is 66.5 Å². The van der Waals surface area contributed by atoms with Crippen molar-refractivity contribution in [3.05, 3.63) is 87.3 Å². The fraction of sp³-hybridized carbons (Fsp3) is 0.370. The van der Waals surface area contributed by atoms with Crippen LogP contribution in [0.2, 0.25) is 0 Å². The summed E-state index contributed by atoms with van der Waals surface area (Å²) in [5, 5.41) is 10.5. The largest absolute Gasteiger partial charge is 0.487 e. The molecule has 0 aliphatic heterocycles. The van der Waals surface area contributed by atoms with Crippen LogP contribution >= 0.6 is 0 Å². The molecule has 10 nitrogen and oxygen atoms in total. The molecule has 0 saturated heterocycles. The lowest BCUT2D eigenvalue weighted by molar-refractivity contribution is 0.0740. The Morgan fingerprint density at radius 1 is 1.00 bits per heavy atom. The van der Waals surface area contributed by atoms with Crippen LogP contribution in [0.4, 0.5) is 0 Å². The van der Waals surface area contributed by atoms with Crippen molar-refractivity contribution < 1.29 is 14.6 Å². The van der Waals surface area contributed by atoms with Gasteiger partial charge in [0.25, 0.3) is 5.56 Å². The minimum atomic E-state index is -0.728. The van der Waals surface area contributed by atoms with E-state index in [2.05, 4.69) is 4.98 Å². The maximum absolute atomic E-state index is 12.8. The van der Waals surface area contributed by atoms with E-state index in [0.29, 0.717) is 48.8 Å². The average Bonchev–Trinajstić information content (AvgIpc) is 3.29. The second kappa shape index (κ2) is 11.9. The van der Waals surface area contributed by atoms with Crippen molar-refractivity contribution in [2.24, 2.45) is 14.1 Å². The van der Waals surface area contributed by atoms with Crippen molar-refractivity contribution >= 4 is 11.2 Å². The Morgan fingerprint density at radius 3 is 2.41 bits per heavy atom. The SMILES string of the molecule is CN(CCCn1c(=O)c2c(ncn2C)n(C)c1=O)CC(O)COc1ccccc1OCc1ccccc1. The molecule has 0 aliphatic rings. The fourth-order valence-corrected chi connectivity index (χ4v) is 4.21. The van der Waals surface area contributed by atoms with Crippen LogP contribution in [0.25, 0.3) is 11.2 Å². The van der Waals surface area contributed by atoms with Crippen LogP contribution in [0.5, 0.6) is 11.5 Å². The van der Waals surface area contributed by atoms with Crippen molar-refractivity contribution in [1.82, 2.24) is 23.6 Å². The smallest absolute Gasteiger partial charge is 0.332 e. The Kier molecular flexibility index (Phi) is 8.42. The number of aryl methyl sites for hydroxylation is 2. The molecule has 0 spiro atoms. The number of imidazole rings is 1. The van der Waals surface area contributed by atoms with Crippen molar-refractivity contribution in [2.45, 2.75) is 25.7 Å². The molecule has 196 valence electrons. The number of para-hydroxylation sites is 2. The molecule has 4 rings (SSSR count). The van der Waals surface area contributed by atoms with Crippen LogP contribution in [-0.4, -0.2) is 61.5 Å². The van der Waals surface area contributed by atoms with E-state index in [1.54, 1.807) is 18.7 Å². The van der Waals surface area contributed by atoms with E-state index < -0.39 is 6.10 Å². The summed E-state index contributed by atoms with van der Waals surface area (Å²) in [5.74, 6) is 1.19. The lowest BCUT2D eigenvalue weighted by Gasteiger charge is -2.21. The number of hydrogen-bond acceptors (Lipinski definition) is 7. The summed E-state index contributed by atoms with van der Waals surface area (Å²) in [6.45, 7) is 1.77. The summed E-state index contributed by atoms with van der Waals surface area (Å²) in [4.78, 5) is 31.6. The molecule has 1 N–H and O–H groups in total. The number of aromatic nitrogens is 4. The minimum Gasteiger partial charge on any atom is -0.487 e. The molecular formula is C27H33N5O5. The van der Waals surface area contributed by atoms with Crippen LogP contribution in [0.15, 0.2) is 70.5 Å². The molecule has 0 radical (unpaired) electrons. The van der Waals surface area contributed by atoms with Gasteiger partial charge in [-0.2, -0.15) is 0 Å². The lowest BCUT2D eigenvalue weighted by atomic mass is 10.2. The number of rotatable bonds is 12. The van der Waals surface area contributed by atoms with Crippen molar-refractivity contribution in [1.29, 1.82) is 0 Å². The Labute approximate surface area is 214 Å². The third-order valence-electron chi connectivity index (χ3n) is 6.16. The molecular weight excluding hydrogens is 474 g/mol. The van der Waals surface area contributed by atoms with Gasteiger partial charge in [-0.15, -0.1) is 0 Å². The van der Waals surface area contributed by atoms with Crippen molar-refractivity contribution in [2.75, 3.05) is 26.7 Å². The predicted molar refractivity (Wildman–Crippen MR) is 141 cm³/mol. The monoisotopic (exact) mass is 507 g/mol. The Bertz CT molecular complexity index is 1440. The molecule has 0 amide bonds. The number of ether oxygens (including phenoxy) is 2. The highest BCUT2D eigenvalue weighted by Gasteiger charge is 2.16. The molecule has 2 heterocycles. The molecule has 1 atom stereocenters. The minimum absolute atomic E-state index is 0.104. The lowest BCUT2D eigenvalue weighted by Crippen LogP contribution is -2.40. The first-order valence-corrected chi connectivity index (χ1v) is 12.2. The molecule has 0 saturated carbocycles. The zero-order valence-electron chi connectivity index (χ0n) is 21.4. The van der Waals surface area contributed by atoms with Gasteiger partial charge in [-0.05, 0) is 37.7 Å². The Morgan fingerprint density at radius 2 is 1.68 bits per heavy atom. The molecule has 2 aromatic carbocycles. The topological polar surface area (TPSA) is 104 Å². The molecule has 37 heavy (non-hydrogen) atoms. The maximum Gasteiger partial charge on any atom is 0.332 e. The van der Waals surface area contributed by atoms with Gasteiger partial charge in [-0.1, -0.05) is 42.5 Å². The van der Waals surface area contributed by atoms with Crippen LogP contribution in [-0.2, 0) is 27.2 Å². The number of likely N-dealkylation sites (N-methyl/N-ethyl adjacent to an activating group) is 1. The number of fused-ring (bicyclic) bond motifs is 1. The van der Waals surface area contributed by atoms with Crippen LogP contribution < -0.4 is 20.7 Å². The van der Waals surface area contributed by atoms with Crippen LogP contribution in [0, 0.1) is 0 Å².